The zero-order valence-electron chi connectivity index (χ0n) is 32.2. The highest BCUT2D eigenvalue weighted by molar-refractivity contribution is 7.43. The molecule has 4 fully saturated rings. The number of aliphatic hydroxyl groups is 12. The van der Waals surface area contributed by atoms with Gasteiger partial charge in [0.25, 0.3) is 5.56 Å². The Kier molecular flexibility index (Phi) is 17.7. The first-order valence-electron chi connectivity index (χ1n) is 18.2. The molecular weight excluding hydrogens is 885 g/mol. The van der Waals surface area contributed by atoms with Crippen molar-refractivity contribution in [2.24, 2.45) is 10.7 Å². The fraction of sp³-hybridized carbons (Fsp3) is 0.700. The number of H-pyrrole nitrogens is 1. The summed E-state index contributed by atoms with van der Waals surface area (Å²) in [5.74, 6) is -2.15. The molecule has 8 heterocycles. The van der Waals surface area contributed by atoms with E-state index >= 15 is 0 Å². The maximum Gasteiger partial charge on any atom is 0.278 e. The van der Waals surface area contributed by atoms with Crippen LogP contribution in [0, 0.1) is 0 Å². The molecular formula is C30H47N9O23P-3. The topological polar surface area (TPSA) is 538 Å². The molecule has 8 rings (SSSR count). The number of nitrogens with one attached hydrogen (secondary N) is 2. The van der Waals surface area contributed by atoms with Crippen molar-refractivity contribution in [2.75, 3.05) is 31.7 Å². The lowest BCUT2D eigenvalue weighted by atomic mass is 10.1. The van der Waals surface area contributed by atoms with E-state index in [0.717, 1.165) is 4.57 Å². The molecule has 0 aromatic carbocycles. The predicted octanol–water partition coefficient (Wildman–Crippen LogP) is -12.2. The summed E-state index contributed by atoms with van der Waals surface area (Å²) in [7, 11) is -5.10. The van der Waals surface area contributed by atoms with Crippen LogP contribution in [0.15, 0.2) is 28.8 Å². The molecule has 4 saturated heterocycles. The third kappa shape index (κ3) is 11.4. The van der Waals surface area contributed by atoms with Crippen molar-refractivity contribution in [3.8, 4) is 0 Å². The summed E-state index contributed by atoms with van der Waals surface area (Å²) in [5.41, 5.74) is 5.94. The summed E-state index contributed by atoms with van der Waals surface area (Å²) in [6.45, 7) is -1.68. The summed E-state index contributed by atoms with van der Waals surface area (Å²) in [6, 6.07) is 0. The van der Waals surface area contributed by atoms with Crippen molar-refractivity contribution < 1.29 is 110 Å². The van der Waals surface area contributed by atoms with Crippen LogP contribution in [0.5, 0.6) is 0 Å². The standard InChI is InChI=1S/C10H14N5O5.C10H12N4O5.C5H11O7P.C5H10O5.H2O/c11-9-12-1-4-8(14-9)15(3-13-4)10(19)7(18)6(17)5(2-16)20-10;15-1-4-6(16)7(17)10(19-4)14-3-13-5-8(14)11-2-12-9(5)18;6-2-4-3(7)1-5(11-4)12-13(8,9)10;6-1-2-3(7)4(8)5(9)10-2;/h3,5-7,16-18H,1-2H2,(H3,11,12,14);2-4,6-7,10,15-17H,1H2,(H,11,12,18);3-7H,1-2H2,(H2,8,9,10);2-9H,1H2;1H2/q-1;;;;/p-2/t5-,6?,7?,10+;4-,6-,7-,10-;3-,4+,5+;2-,3-,4-,5?;/m1101./s1. The quantitative estimate of drug-likeness (QED) is 0.0933. The van der Waals surface area contributed by atoms with E-state index in [1.54, 1.807) is 0 Å². The normalized spacial score (nSPS) is 35.8. The molecule has 63 heavy (non-hydrogen) atoms. The number of hydrogen-bond donors (Lipinski definition) is 15. The Labute approximate surface area is 351 Å². The molecule has 0 spiro atoms. The van der Waals surface area contributed by atoms with Crippen LogP contribution in [-0.2, 0) is 40.5 Å². The van der Waals surface area contributed by atoms with Crippen molar-refractivity contribution in [1.82, 2.24) is 29.1 Å². The molecule has 0 amide bonds. The largest absolute Gasteiger partial charge is 0.809 e. The van der Waals surface area contributed by atoms with Gasteiger partial charge in [0.15, 0.2) is 35.9 Å². The third-order valence-electron chi connectivity index (χ3n) is 9.69. The van der Waals surface area contributed by atoms with Crippen molar-refractivity contribution >= 4 is 30.8 Å². The number of nitrogens with two attached hydrogens (primary N) is 1. The first-order valence-corrected chi connectivity index (χ1v) is 19.6. The summed E-state index contributed by atoms with van der Waals surface area (Å²) < 4.78 is 36.1. The van der Waals surface area contributed by atoms with Gasteiger partial charge in [-0.2, -0.15) is 0 Å². The molecule has 358 valence electrons. The zero-order chi connectivity index (χ0) is 45.8. The van der Waals surface area contributed by atoms with Gasteiger partial charge in [-0.25, -0.2) is 19.9 Å². The van der Waals surface area contributed by atoms with Gasteiger partial charge in [-0.15, -0.1) is 0 Å². The van der Waals surface area contributed by atoms with Crippen LogP contribution < -0.4 is 31.5 Å². The maximum atomic E-state index is 12.7. The molecule has 0 radical (unpaired) electrons. The Balaban J connectivity index is 0.000000190. The van der Waals surface area contributed by atoms with Crippen molar-refractivity contribution in [1.29, 1.82) is 0 Å². The number of phosphoric ester groups is 1. The number of anilines is 1. The third-order valence-corrected chi connectivity index (χ3v) is 10.2. The van der Waals surface area contributed by atoms with Gasteiger partial charge in [0.1, 0.15) is 78.5 Å². The van der Waals surface area contributed by atoms with Crippen LogP contribution in [0.1, 0.15) is 18.3 Å². The van der Waals surface area contributed by atoms with Gasteiger partial charge in [-0.05, 0) is 0 Å². The van der Waals surface area contributed by atoms with Crippen LogP contribution in [-0.4, -0.2) is 208 Å². The molecule has 0 bridgehead atoms. The molecule has 0 aliphatic carbocycles. The maximum absolute atomic E-state index is 12.7. The fourth-order valence-corrected chi connectivity index (χ4v) is 6.84. The molecule has 0 saturated carbocycles. The first-order chi connectivity index (χ1) is 29.2. The number of nitrogens with zero attached hydrogens (tertiary/aromatic N) is 6. The fourth-order valence-electron chi connectivity index (χ4n) is 6.42. The van der Waals surface area contributed by atoms with Gasteiger partial charge in [-0.3, -0.25) is 13.9 Å². The molecule has 18 N–H and O–H groups in total. The van der Waals surface area contributed by atoms with Crippen LogP contribution in [0.4, 0.5) is 5.82 Å². The van der Waals surface area contributed by atoms with Gasteiger partial charge >= 0.3 is 0 Å². The van der Waals surface area contributed by atoms with Crippen molar-refractivity contribution in [3.63, 3.8) is 0 Å². The SMILES string of the molecule is NC1=NCc2ncn([C@@]3([O-])O[C@H](CO)C(O)C3O)c2N1.O.O=P([O-])([O-])O[C@@H]1C[C@H](O)[C@@H](CO)O1.O=c1[nH]cnc2c1ncn2[C@@H]1O[C@H](CO)[C@@H](O)[C@H]1O.OC[C@H]1OC(O)[C@H](O)[C@@H]1O. The second-order valence-corrected chi connectivity index (χ2v) is 14.9. The number of rotatable bonds is 8. The average Bonchev–Trinajstić information content (AvgIpc) is 4.08. The monoisotopic (exact) mass is 932 g/mol. The lowest BCUT2D eigenvalue weighted by Gasteiger charge is -2.41. The van der Waals surface area contributed by atoms with E-state index < -0.39 is 132 Å². The van der Waals surface area contributed by atoms with E-state index in [0.29, 0.717) is 5.69 Å². The minimum absolute atomic E-state index is 0. The Morgan fingerprint density at radius 1 is 0.841 bits per heavy atom. The van der Waals surface area contributed by atoms with Gasteiger partial charge < -0.3 is 126 Å². The highest BCUT2D eigenvalue weighted by Crippen LogP contribution is 2.36. The number of hydrogen-bond acceptors (Lipinski definition) is 28. The molecule has 15 atom stereocenters. The van der Waals surface area contributed by atoms with Crippen molar-refractivity contribution in [2.45, 2.75) is 105 Å². The van der Waals surface area contributed by atoms with Gasteiger partial charge in [-0.1, -0.05) is 0 Å². The van der Waals surface area contributed by atoms with E-state index in [9.17, 15) is 44.7 Å². The minimum Gasteiger partial charge on any atom is -0.809 e. The number of imidazole rings is 2. The number of aromatic amines is 1. The molecule has 3 aromatic heterocycles. The second-order valence-electron chi connectivity index (χ2n) is 13.8. The second kappa shape index (κ2) is 21.5. The number of fused-ring (bicyclic) bond motifs is 2. The van der Waals surface area contributed by atoms with E-state index in [-0.39, 0.29) is 41.4 Å². The van der Waals surface area contributed by atoms with E-state index in [1.807, 2.05) is 0 Å². The Hall–Kier alpha value is -3.78. The zero-order valence-corrected chi connectivity index (χ0v) is 33.1. The van der Waals surface area contributed by atoms with Gasteiger partial charge in [0.2, 0.25) is 0 Å². The molecule has 33 heteroatoms. The molecule has 5 aliphatic heterocycles. The minimum atomic E-state index is -5.10. The average molecular weight is 933 g/mol. The summed E-state index contributed by atoms with van der Waals surface area (Å²) in [4.78, 5) is 49.9. The highest BCUT2D eigenvalue weighted by Gasteiger charge is 2.49. The van der Waals surface area contributed by atoms with Crippen LogP contribution in [0.2, 0.25) is 0 Å². The van der Waals surface area contributed by atoms with Crippen LogP contribution in [0.3, 0.4) is 0 Å². The molecule has 3 aromatic rings. The number of aromatic nitrogens is 6. The number of aliphatic hydroxyl groups excluding tert-OH is 12. The Morgan fingerprint density at radius 2 is 1.46 bits per heavy atom. The predicted molar refractivity (Wildman–Crippen MR) is 193 cm³/mol. The van der Waals surface area contributed by atoms with Crippen LogP contribution >= 0.6 is 7.82 Å². The van der Waals surface area contributed by atoms with Gasteiger partial charge in [0.05, 0.1) is 65.9 Å². The lowest BCUT2D eigenvalue weighted by Crippen LogP contribution is -2.56. The summed E-state index contributed by atoms with van der Waals surface area (Å²) in [6.07, 6.45) is -13.1. The van der Waals surface area contributed by atoms with Gasteiger partial charge in [0, 0.05) is 6.42 Å². The highest BCUT2D eigenvalue weighted by atomic mass is 31.2. The molecule has 5 aliphatic rings. The van der Waals surface area contributed by atoms with E-state index in [1.165, 1.54) is 23.5 Å². The number of guanidine groups is 1. The number of aliphatic imine (C=N–C) groups is 1. The van der Waals surface area contributed by atoms with Crippen molar-refractivity contribution in [3.05, 3.63) is 35.0 Å². The van der Waals surface area contributed by atoms with E-state index in [4.69, 9.17) is 60.8 Å². The Morgan fingerprint density at radius 3 is 1.98 bits per heavy atom. The Bertz CT molecular complexity index is 2070. The number of ether oxygens (including phenoxy) is 4. The first kappa shape index (κ1) is 51.9. The molecule has 32 nitrogen and oxygen atoms in total. The number of phosphoric acid groups is 1. The lowest BCUT2D eigenvalue weighted by molar-refractivity contribution is -0.605. The smallest absolute Gasteiger partial charge is 0.278 e. The molecule has 3 unspecified atom stereocenters. The summed E-state index contributed by atoms with van der Waals surface area (Å²) in [5, 5.41) is 125. The van der Waals surface area contributed by atoms with E-state index in [2.05, 4.69) is 39.5 Å². The van der Waals surface area contributed by atoms with Crippen LogP contribution in [0.25, 0.3) is 11.2 Å². The summed E-state index contributed by atoms with van der Waals surface area (Å²) >= 11 is 0.